The van der Waals surface area contributed by atoms with Gasteiger partial charge in [0.15, 0.2) is 17.3 Å². The minimum Gasteiger partial charge on any atom is -0.490 e. The Morgan fingerprint density at radius 1 is 1.53 bits per heavy atom. The van der Waals surface area contributed by atoms with E-state index >= 15 is 0 Å². The second-order valence-electron chi connectivity index (χ2n) is 2.73. The highest BCUT2D eigenvalue weighted by molar-refractivity contribution is 5.88. The van der Waals surface area contributed by atoms with Gasteiger partial charge in [-0.05, 0) is 19.1 Å². The standard InChI is InChI=1S/C10H11FO4/c1-3-15-8-5-6(10(12)13)4-7(11)9(8)14-2/h4-5H,3H2,1-2H3,(H,12,13). The third kappa shape index (κ3) is 2.37. The summed E-state index contributed by atoms with van der Waals surface area (Å²) < 4.78 is 23.2. The summed E-state index contributed by atoms with van der Waals surface area (Å²) in [6.07, 6.45) is 0. The molecule has 0 aliphatic rings. The first-order valence-corrected chi connectivity index (χ1v) is 4.33. The van der Waals surface area contributed by atoms with E-state index < -0.39 is 11.8 Å². The van der Waals surface area contributed by atoms with Crippen molar-refractivity contribution >= 4 is 5.97 Å². The van der Waals surface area contributed by atoms with Crippen LogP contribution in [0.4, 0.5) is 4.39 Å². The molecular weight excluding hydrogens is 203 g/mol. The van der Waals surface area contributed by atoms with Gasteiger partial charge in [-0.2, -0.15) is 0 Å². The molecule has 0 aliphatic carbocycles. The fraction of sp³-hybridized carbons (Fsp3) is 0.300. The second kappa shape index (κ2) is 4.63. The van der Waals surface area contributed by atoms with Crippen molar-refractivity contribution in [2.75, 3.05) is 13.7 Å². The van der Waals surface area contributed by atoms with E-state index in [1.54, 1.807) is 6.92 Å². The van der Waals surface area contributed by atoms with Gasteiger partial charge in [0.2, 0.25) is 0 Å². The molecule has 0 atom stereocenters. The van der Waals surface area contributed by atoms with Crippen molar-refractivity contribution in [3.05, 3.63) is 23.5 Å². The third-order valence-electron chi connectivity index (χ3n) is 1.76. The van der Waals surface area contributed by atoms with Crippen LogP contribution in [-0.2, 0) is 0 Å². The van der Waals surface area contributed by atoms with E-state index in [0.29, 0.717) is 6.61 Å². The number of rotatable bonds is 4. The van der Waals surface area contributed by atoms with Crippen LogP contribution in [0.3, 0.4) is 0 Å². The predicted molar refractivity (Wildman–Crippen MR) is 51.1 cm³/mol. The van der Waals surface area contributed by atoms with Gasteiger partial charge in [0.05, 0.1) is 19.3 Å². The number of carbonyl (C=O) groups is 1. The molecule has 0 aliphatic heterocycles. The number of carboxylic acids is 1. The molecule has 1 N–H and O–H groups in total. The molecule has 0 aromatic heterocycles. The average molecular weight is 214 g/mol. The van der Waals surface area contributed by atoms with Crippen LogP contribution in [0.25, 0.3) is 0 Å². The van der Waals surface area contributed by atoms with E-state index in [4.69, 9.17) is 14.6 Å². The quantitative estimate of drug-likeness (QED) is 0.832. The molecule has 0 saturated heterocycles. The predicted octanol–water partition coefficient (Wildman–Crippen LogP) is 1.93. The van der Waals surface area contributed by atoms with Crippen molar-refractivity contribution in [1.82, 2.24) is 0 Å². The summed E-state index contributed by atoms with van der Waals surface area (Å²) in [6.45, 7) is 2.02. The molecule has 0 radical (unpaired) electrons. The molecule has 4 nitrogen and oxygen atoms in total. The minimum absolute atomic E-state index is 0.0816. The van der Waals surface area contributed by atoms with Crippen LogP contribution >= 0.6 is 0 Å². The molecule has 1 aromatic rings. The maximum Gasteiger partial charge on any atom is 0.335 e. The van der Waals surface area contributed by atoms with Gasteiger partial charge in [-0.25, -0.2) is 9.18 Å². The number of benzene rings is 1. The van der Waals surface area contributed by atoms with Crippen molar-refractivity contribution in [2.45, 2.75) is 6.92 Å². The molecule has 15 heavy (non-hydrogen) atoms. The molecule has 0 amide bonds. The molecule has 1 aromatic carbocycles. The van der Waals surface area contributed by atoms with Crippen LogP contribution in [0.1, 0.15) is 17.3 Å². The highest BCUT2D eigenvalue weighted by Crippen LogP contribution is 2.31. The second-order valence-corrected chi connectivity index (χ2v) is 2.73. The summed E-state index contributed by atoms with van der Waals surface area (Å²) in [7, 11) is 1.29. The molecule has 0 fully saturated rings. The first kappa shape index (κ1) is 11.3. The monoisotopic (exact) mass is 214 g/mol. The Kier molecular flexibility index (Phi) is 3.49. The molecule has 0 unspecified atom stereocenters. The van der Waals surface area contributed by atoms with Gasteiger partial charge in [-0.1, -0.05) is 0 Å². The normalized spacial score (nSPS) is 9.80. The lowest BCUT2D eigenvalue weighted by Gasteiger charge is -2.10. The van der Waals surface area contributed by atoms with Crippen molar-refractivity contribution in [3.8, 4) is 11.5 Å². The summed E-state index contributed by atoms with van der Waals surface area (Å²) in [5.41, 5.74) is -0.170. The molecule has 0 saturated carbocycles. The maximum absolute atomic E-state index is 13.3. The van der Waals surface area contributed by atoms with Gasteiger partial charge in [0.25, 0.3) is 0 Å². The van der Waals surface area contributed by atoms with Gasteiger partial charge in [0.1, 0.15) is 0 Å². The lowest BCUT2D eigenvalue weighted by molar-refractivity contribution is 0.0695. The first-order chi connectivity index (χ1) is 7.10. The number of methoxy groups -OCH3 is 1. The van der Waals surface area contributed by atoms with Crippen LogP contribution in [0.2, 0.25) is 0 Å². The topological polar surface area (TPSA) is 55.8 Å². The number of halogens is 1. The molecule has 0 heterocycles. The summed E-state index contributed by atoms with van der Waals surface area (Å²) >= 11 is 0. The molecule has 5 heteroatoms. The lowest BCUT2D eigenvalue weighted by Crippen LogP contribution is -2.02. The van der Waals surface area contributed by atoms with Crippen molar-refractivity contribution in [3.63, 3.8) is 0 Å². The van der Waals surface area contributed by atoms with Crippen molar-refractivity contribution in [2.24, 2.45) is 0 Å². The number of hydrogen-bond donors (Lipinski definition) is 1. The summed E-state index contributed by atoms with van der Waals surface area (Å²) in [4.78, 5) is 10.6. The van der Waals surface area contributed by atoms with E-state index in [-0.39, 0.29) is 17.1 Å². The van der Waals surface area contributed by atoms with Crippen LogP contribution in [0.15, 0.2) is 12.1 Å². The van der Waals surface area contributed by atoms with Gasteiger partial charge >= 0.3 is 5.97 Å². The summed E-state index contributed by atoms with van der Waals surface area (Å²) in [5, 5.41) is 8.70. The number of aromatic carboxylic acids is 1. The van der Waals surface area contributed by atoms with Gasteiger partial charge in [-0.15, -0.1) is 0 Å². The zero-order valence-electron chi connectivity index (χ0n) is 8.41. The van der Waals surface area contributed by atoms with Crippen molar-refractivity contribution < 1.29 is 23.8 Å². The number of hydrogen-bond acceptors (Lipinski definition) is 3. The maximum atomic E-state index is 13.3. The molecule has 0 bridgehead atoms. The van der Waals surface area contributed by atoms with Crippen LogP contribution in [-0.4, -0.2) is 24.8 Å². The largest absolute Gasteiger partial charge is 0.490 e. The highest BCUT2D eigenvalue weighted by Gasteiger charge is 2.15. The van der Waals surface area contributed by atoms with Gasteiger partial charge in [0, 0.05) is 0 Å². The fourth-order valence-corrected chi connectivity index (χ4v) is 1.15. The average Bonchev–Trinajstić information content (AvgIpc) is 2.17. The Labute approximate surface area is 86.2 Å². The Morgan fingerprint density at radius 2 is 2.20 bits per heavy atom. The zero-order chi connectivity index (χ0) is 11.4. The molecule has 82 valence electrons. The lowest BCUT2D eigenvalue weighted by atomic mass is 10.2. The summed E-state index contributed by atoms with van der Waals surface area (Å²) in [5.74, 6) is -1.95. The van der Waals surface area contributed by atoms with E-state index in [2.05, 4.69) is 0 Å². The first-order valence-electron chi connectivity index (χ1n) is 4.33. The number of ether oxygens (including phenoxy) is 2. The van der Waals surface area contributed by atoms with E-state index in [1.165, 1.54) is 13.2 Å². The number of carboxylic acid groups (broad SMARTS) is 1. The molecule has 1 rings (SSSR count). The summed E-state index contributed by atoms with van der Waals surface area (Å²) in [6, 6.07) is 2.12. The fourth-order valence-electron chi connectivity index (χ4n) is 1.15. The minimum atomic E-state index is -1.21. The van der Waals surface area contributed by atoms with Gasteiger partial charge in [-0.3, -0.25) is 0 Å². The van der Waals surface area contributed by atoms with Gasteiger partial charge < -0.3 is 14.6 Å². The van der Waals surface area contributed by atoms with Crippen LogP contribution < -0.4 is 9.47 Å². The highest BCUT2D eigenvalue weighted by atomic mass is 19.1. The third-order valence-corrected chi connectivity index (χ3v) is 1.76. The molecular formula is C10H11FO4. The Hall–Kier alpha value is -1.78. The van der Waals surface area contributed by atoms with E-state index in [9.17, 15) is 9.18 Å². The Balaban J connectivity index is 3.25. The van der Waals surface area contributed by atoms with E-state index in [0.717, 1.165) is 6.07 Å². The molecule has 0 spiro atoms. The Bertz CT molecular complexity index is 376. The zero-order valence-corrected chi connectivity index (χ0v) is 8.41. The Morgan fingerprint density at radius 3 is 2.67 bits per heavy atom. The van der Waals surface area contributed by atoms with Crippen LogP contribution in [0, 0.1) is 5.82 Å². The van der Waals surface area contributed by atoms with E-state index in [1.807, 2.05) is 0 Å². The SMILES string of the molecule is CCOc1cc(C(=O)O)cc(F)c1OC. The van der Waals surface area contributed by atoms with Crippen molar-refractivity contribution in [1.29, 1.82) is 0 Å². The smallest absolute Gasteiger partial charge is 0.335 e. The van der Waals surface area contributed by atoms with Crippen LogP contribution in [0.5, 0.6) is 11.5 Å².